The predicted molar refractivity (Wildman–Crippen MR) is 113 cm³/mol. The first-order chi connectivity index (χ1) is 13.0. The van der Waals surface area contributed by atoms with Gasteiger partial charge in [-0.25, -0.2) is 0 Å². The molecule has 0 aliphatic rings. The summed E-state index contributed by atoms with van der Waals surface area (Å²) in [4.78, 5) is 26.8. The number of anilines is 1. The lowest BCUT2D eigenvalue weighted by atomic mass is 9.99. The third kappa shape index (κ3) is 4.17. The van der Waals surface area contributed by atoms with E-state index in [-0.39, 0.29) is 17.1 Å². The number of rotatable bonds is 6. The summed E-state index contributed by atoms with van der Waals surface area (Å²) in [5, 5.41) is 7.42. The molecule has 0 spiro atoms. The minimum Gasteiger partial charge on any atom is -0.361 e. The van der Waals surface area contributed by atoms with Crippen LogP contribution < -0.4 is 10.6 Å². The first kappa shape index (κ1) is 19.5. The van der Waals surface area contributed by atoms with Crippen molar-refractivity contribution in [2.24, 2.45) is 0 Å². The first-order valence-electron chi connectivity index (χ1n) is 8.55. The predicted octanol–water partition coefficient (Wildman–Crippen LogP) is 4.85. The highest BCUT2D eigenvalue weighted by Gasteiger charge is 2.18. The Morgan fingerprint density at radius 1 is 1.15 bits per heavy atom. The molecular weight excluding hydrogens is 430 g/mol. The van der Waals surface area contributed by atoms with Crippen molar-refractivity contribution in [2.45, 2.75) is 19.9 Å². The summed E-state index contributed by atoms with van der Waals surface area (Å²) in [7, 11) is 0. The highest BCUT2D eigenvalue weighted by Crippen LogP contribution is 2.40. The number of hydrogen-bond acceptors (Lipinski definition) is 2. The maximum atomic E-state index is 12.0. The van der Waals surface area contributed by atoms with Gasteiger partial charge in [0.1, 0.15) is 0 Å². The second-order valence-corrected chi connectivity index (χ2v) is 6.96. The molecular formula is C20H19BrClN3O2. The fraction of sp³-hybridized carbons (Fsp3) is 0.200. The van der Waals surface area contributed by atoms with Gasteiger partial charge in [0, 0.05) is 41.2 Å². The van der Waals surface area contributed by atoms with Gasteiger partial charge in [-0.2, -0.15) is 0 Å². The topological polar surface area (TPSA) is 74.0 Å². The number of hydrogen-bond donors (Lipinski definition) is 3. The molecule has 1 aromatic heterocycles. The quantitative estimate of drug-likeness (QED) is 0.472. The van der Waals surface area contributed by atoms with E-state index in [1.54, 1.807) is 6.92 Å². The first-order valence-corrected chi connectivity index (χ1v) is 10.1. The molecule has 0 unspecified atom stereocenters. The standard InChI is InChI=1S/C20H19BrClN3O2/c1-2-17(26)24-10-12-7-8-16(25-18(27)9-21)19(20(12)22)14-11-23-15-6-4-3-5-13(14)15/h3-8,11,23H,2,9-10H2,1H3,(H,24,26)(H,25,27). The molecule has 7 heteroatoms. The molecule has 2 amide bonds. The maximum Gasteiger partial charge on any atom is 0.235 e. The number of alkyl halides is 1. The fourth-order valence-electron chi connectivity index (χ4n) is 2.90. The summed E-state index contributed by atoms with van der Waals surface area (Å²) >= 11 is 9.90. The zero-order valence-corrected chi connectivity index (χ0v) is 17.1. The van der Waals surface area contributed by atoms with Crippen molar-refractivity contribution in [3.63, 3.8) is 0 Å². The zero-order chi connectivity index (χ0) is 19.4. The van der Waals surface area contributed by atoms with Gasteiger partial charge >= 0.3 is 0 Å². The molecule has 0 aliphatic heterocycles. The van der Waals surface area contributed by atoms with Crippen molar-refractivity contribution >= 4 is 55.9 Å². The van der Waals surface area contributed by atoms with Crippen LogP contribution in [0.2, 0.25) is 5.02 Å². The van der Waals surface area contributed by atoms with Crippen LogP contribution in [0.1, 0.15) is 18.9 Å². The van der Waals surface area contributed by atoms with Crippen molar-refractivity contribution in [2.75, 3.05) is 10.6 Å². The lowest BCUT2D eigenvalue weighted by Crippen LogP contribution is -2.21. The van der Waals surface area contributed by atoms with Gasteiger partial charge in [-0.3, -0.25) is 9.59 Å². The van der Waals surface area contributed by atoms with E-state index in [1.165, 1.54) is 0 Å². The minimum atomic E-state index is -0.167. The van der Waals surface area contributed by atoms with E-state index in [1.807, 2.05) is 42.6 Å². The summed E-state index contributed by atoms with van der Waals surface area (Å²) < 4.78 is 0. The van der Waals surface area contributed by atoms with Crippen LogP contribution in [-0.4, -0.2) is 22.1 Å². The normalized spacial score (nSPS) is 10.8. The lowest BCUT2D eigenvalue weighted by molar-refractivity contribution is -0.121. The van der Waals surface area contributed by atoms with Crippen LogP contribution in [0, 0.1) is 0 Å². The monoisotopic (exact) mass is 447 g/mol. The number of aromatic nitrogens is 1. The molecule has 140 valence electrons. The van der Waals surface area contributed by atoms with Crippen molar-refractivity contribution in [3.05, 3.63) is 53.2 Å². The SMILES string of the molecule is CCC(=O)NCc1ccc(NC(=O)CBr)c(-c2c[nH]c3ccccc23)c1Cl. The molecule has 3 aromatic rings. The molecule has 0 atom stereocenters. The van der Waals surface area contributed by atoms with E-state index in [9.17, 15) is 9.59 Å². The number of amides is 2. The van der Waals surface area contributed by atoms with Gasteiger partial charge in [0.2, 0.25) is 11.8 Å². The number of aromatic amines is 1. The minimum absolute atomic E-state index is 0.0450. The zero-order valence-electron chi connectivity index (χ0n) is 14.7. The van der Waals surface area contributed by atoms with Crippen LogP contribution in [0.5, 0.6) is 0 Å². The van der Waals surface area contributed by atoms with Crippen molar-refractivity contribution in [1.82, 2.24) is 10.3 Å². The van der Waals surface area contributed by atoms with Crippen molar-refractivity contribution in [1.29, 1.82) is 0 Å². The molecule has 1 heterocycles. The molecule has 0 radical (unpaired) electrons. The van der Waals surface area contributed by atoms with E-state index in [2.05, 4.69) is 31.5 Å². The Morgan fingerprint density at radius 2 is 1.93 bits per heavy atom. The van der Waals surface area contributed by atoms with Gasteiger partial charge in [0.05, 0.1) is 16.0 Å². The van der Waals surface area contributed by atoms with Crippen molar-refractivity contribution < 1.29 is 9.59 Å². The van der Waals surface area contributed by atoms with Gasteiger partial charge < -0.3 is 15.6 Å². The molecule has 0 fully saturated rings. The molecule has 27 heavy (non-hydrogen) atoms. The van der Waals surface area contributed by atoms with E-state index < -0.39 is 0 Å². The Hall–Kier alpha value is -2.31. The van der Waals surface area contributed by atoms with Crippen LogP contribution in [0.4, 0.5) is 5.69 Å². The number of fused-ring (bicyclic) bond motifs is 1. The Balaban J connectivity index is 2.12. The van der Waals surface area contributed by atoms with E-state index in [0.29, 0.717) is 23.7 Å². The Morgan fingerprint density at radius 3 is 2.67 bits per heavy atom. The molecule has 2 aromatic carbocycles. The van der Waals surface area contributed by atoms with Gasteiger partial charge in [0.15, 0.2) is 0 Å². The number of para-hydroxylation sites is 1. The average Bonchev–Trinajstić information content (AvgIpc) is 3.11. The summed E-state index contributed by atoms with van der Waals surface area (Å²) in [6, 6.07) is 11.5. The number of carbonyl (C=O) groups is 2. The van der Waals surface area contributed by atoms with Crippen LogP contribution >= 0.6 is 27.5 Å². The van der Waals surface area contributed by atoms with Gasteiger partial charge in [0.25, 0.3) is 0 Å². The molecule has 0 bridgehead atoms. The van der Waals surface area contributed by atoms with Crippen molar-refractivity contribution in [3.8, 4) is 11.1 Å². The Kier molecular flexibility index (Phi) is 6.19. The van der Waals surface area contributed by atoms with Crippen LogP contribution in [-0.2, 0) is 16.1 Å². The number of nitrogens with one attached hydrogen (secondary N) is 3. The molecule has 0 saturated carbocycles. The Labute approximate surface area is 170 Å². The van der Waals surface area contributed by atoms with Gasteiger partial charge in [-0.15, -0.1) is 0 Å². The fourth-order valence-corrected chi connectivity index (χ4v) is 3.38. The van der Waals surface area contributed by atoms with Gasteiger partial charge in [-0.1, -0.05) is 58.7 Å². The summed E-state index contributed by atoms with van der Waals surface area (Å²) in [5.41, 5.74) is 4.01. The van der Waals surface area contributed by atoms with E-state index >= 15 is 0 Å². The third-order valence-corrected chi connectivity index (χ3v) is 5.21. The highest BCUT2D eigenvalue weighted by atomic mass is 79.9. The number of H-pyrrole nitrogens is 1. The van der Waals surface area contributed by atoms with Gasteiger partial charge in [-0.05, 0) is 17.7 Å². The molecule has 0 saturated heterocycles. The molecule has 0 aliphatic carbocycles. The largest absolute Gasteiger partial charge is 0.361 e. The molecule has 3 rings (SSSR count). The van der Waals surface area contributed by atoms with Crippen LogP contribution in [0.3, 0.4) is 0 Å². The Bertz CT molecular complexity index is 1000. The number of carbonyl (C=O) groups excluding carboxylic acids is 2. The molecule has 5 nitrogen and oxygen atoms in total. The number of benzene rings is 2. The lowest BCUT2D eigenvalue weighted by Gasteiger charge is -2.16. The third-order valence-electron chi connectivity index (χ3n) is 4.27. The maximum absolute atomic E-state index is 12.0. The number of halogens is 2. The second kappa shape index (κ2) is 8.59. The second-order valence-electron chi connectivity index (χ2n) is 6.02. The van der Waals surface area contributed by atoms with Crippen LogP contribution in [0.15, 0.2) is 42.6 Å². The summed E-state index contributed by atoms with van der Waals surface area (Å²) in [6.07, 6.45) is 2.29. The van der Waals surface area contributed by atoms with E-state index in [4.69, 9.17) is 11.6 Å². The van der Waals surface area contributed by atoms with E-state index in [0.717, 1.165) is 27.6 Å². The smallest absolute Gasteiger partial charge is 0.235 e. The highest BCUT2D eigenvalue weighted by molar-refractivity contribution is 9.09. The summed E-state index contributed by atoms with van der Waals surface area (Å²) in [6.45, 7) is 2.13. The summed E-state index contributed by atoms with van der Waals surface area (Å²) in [5.74, 6) is -0.212. The average molecular weight is 449 g/mol. The van der Waals surface area contributed by atoms with Crippen LogP contribution in [0.25, 0.3) is 22.0 Å². The molecule has 3 N–H and O–H groups in total.